The first-order valence-electron chi connectivity index (χ1n) is 11.0. The van der Waals surface area contributed by atoms with Gasteiger partial charge in [0, 0.05) is 50.5 Å². The van der Waals surface area contributed by atoms with Crippen molar-refractivity contribution in [1.29, 1.82) is 0 Å². The molecule has 0 atom stereocenters. The summed E-state index contributed by atoms with van der Waals surface area (Å²) >= 11 is 0. The van der Waals surface area contributed by atoms with Gasteiger partial charge in [0.15, 0.2) is 0 Å². The number of piperazine rings is 1. The van der Waals surface area contributed by atoms with Crippen molar-refractivity contribution in [3.05, 3.63) is 101 Å². The molecule has 1 saturated heterocycles. The zero-order chi connectivity index (χ0) is 21.6. The highest BCUT2D eigenvalue weighted by Gasteiger charge is 2.17. The molecule has 0 unspecified atom stereocenters. The van der Waals surface area contributed by atoms with Gasteiger partial charge in [-0.2, -0.15) is 0 Å². The maximum atomic E-state index is 12.6. The Balaban J connectivity index is 1.27. The van der Waals surface area contributed by atoms with E-state index in [4.69, 9.17) is 0 Å². The number of hydrogen-bond donors (Lipinski definition) is 1. The molecule has 4 heteroatoms. The molecule has 160 valence electrons. The molecule has 0 aliphatic carbocycles. The topological polar surface area (TPSA) is 35.6 Å². The van der Waals surface area contributed by atoms with Crippen molar-refractivity contribution in [3.8, 4) is 0 Å². The molecule has 0 bridgehead atoms. The number of carbonyl (C=O) groups excluding carboxylic acids is 1. The van der Waals surface area contributed by atoms with E-state index in [0.29, 0.717) is 5.56 Å². The summed E-state index contributed by atoms with van der Waals surface area (Å²) in [6.45, 7) is 10.4. The average Bonchev–Trinajstić information content (AvgIpc) is 2.76. The standard InChI is InChI=1S/C27H31N3O/c1-21-16-22(2)18-26(17-21)28-27(31)25-10-8-24(9-11-25)20-30-14-12-29(13-15-30)19-23-6-4-3-5-7-23/h3-11,16-18H,12-15,19-20H2,1-2H3,(H,28,31). The van der Waals surface area contributed by atoms with E-state index in [-0.39, 0.29) is 5.91 Å². The molecule has 0 spiro atoms. The van der Waals surface area contributed by atoms with Crippen molar-refractivity contribution in [2.24, 2.45) is 0 Å². The molecule has 31 heavy (non-hydrogen) atoms. The number of anilines is 1. The normalized spacial score (nSPS) is 15.0. The first kappa shape index (κ1) is 21.3. The van der Waals surface area contributed by atoms with Gasteiger partial charge in [-0.15, -0.1) is 0 Å². The lowest BCUT2D eigenvalue weighted by molar-refractivity contribution is 0.102. The van der Waals surface area contributed by atoms with Gasteiger partial charge < -0.3 is 5.32 Å². The third kappa shape index (κ3) is 6.03. The van der Waals surface area contributed by atoms with Crippen molar-refractivity contribution < 1.29 is 4.79 Å². The van der Waals surface area contributed by atoms with Gasteiger partial charge in [-0.25, -0.2) is 0 Å². The summed E-state index contributed by atoms with van der Waals surface area (Å²) in [5.74, 6) is -0.0638. The summed E-state index contributed by atoms with van der Waals surface area (Å²) < 4.78 is 0. The molecule has 0 saturated carbocycles. The Morgan fingerprint density at radius 2 is 1.26 bits per heavy atom. The maximum absolute atomic E-state index is 12.6. The van der Waals surface area contributed by atoms with Crippen LogP contribution in [0, 0.1) is 13.8 Å². The van der Waals surface area contributed by atoms with Gasteiger partial charge in [-0.3, -0.25) is 14.6 Å². The number of carbonyl (C=O) groups is 1. The van der Waals surface area contributed by atoms with Crippen LogP contribution in [-0.4, -0.2) is 41.9 Å². The Labute approximate surface area is 185 Å². The molecule has 1 aliphatic heterocycles. The molecular formula is C27H31N3O. The lowest BCUT2D eigenvalue weighted by Gasteiger charge is -2.34. The third-order valence-corrected chi connectivity index (χ3v) is 5.82. The first-order valence-corrected chi connectivity index (χ1v) is 11.0. The molecule has 1 N–H and O–H groups in total. The van der Waals surface area contributed by atoms with E-state index in [9.17, 15) is 4.79 Å². The summed E-state index contributed by atoms with van der Waals surface area (Å²) in [7, 11) is 0. The van der Waals surface area contributed by atoms with Crippen LogP contribution >= 0.6 is 0 Å². The molecule has 3 aromatic rings. The van der Waals surface area contributed by atoms with Gasteiger partial charge in [-0.1, -0.05) is 48.5 Å². The van der Waals surface area contributed by atoms with Crippen LogP contribution in [0.3, 0.4) is 0 Å². The molecule has 0 aromatic heterocycles. The second-order valence-electron chi connectivity index (χ2n) is 8.57. The Morgan fingerprint density at radius 3 is 1.81 bits per heavy atom. The molecule has 4 rings (SSSR count). The van der Waals surface area contributed by atoms with Crippen LogP contribution in [-0.2, 0) is 13.1 Å². The minimum absolute atomic E-state index is 0.0638. The van der Waals surface area contributed by atoms with E-state index in [2.05, 4.69) is 63.6 Å². The second-order valence-corrected chi connectivity index (χ2v) is 8.57. The van der Waals surface area contributed by atoms with Crippen molar-refractivity contribution in [2.75, 3.05) is 31.5 Å². The fourth-order valence-corrected chi connectivity index (χ4v) is 4.22. The van der Waals surface area contributed by atoms with E-state index in [1.165, 1.54) is 11.1 Å². The summed E-state index contributed by atoms with van der Waals surface area (Å²) in [5, 5.41) is 3.01. The van der Waals surface area contributed by atoms with E-state index < -0.39 is 0 Å². The molecule has 1 aliphatic rings. The van der Waals surface area contributed by atoms with Crippen molar-refractivity contribution >= 4 is 11.6 Å². The van der Waals surface area contributed by atoms with E-state index >= 15 is 0 Å². The Morgan fingerprint density at radius 1 is 0.742 bits per heavy atom. The van der Waals surface area contributed by atoms with Crippen LogP contribution in [0.1, 0.15) is 32.6 Å². The van der Waals surface area contributed by atoms with Crippen LogP contribution in [0.15, 0.2) is 72.8 Å². The molecule has 1 amide bonds. The van der Waals surface area contributed by atoms with Gasteiger partial charge in [0.1, 0.15) is 0 Å². The molecular weight excluding hydrogens is 382 g/mol. The fraction of sp³-hybridized carbons (Fsp3) is 0.296. The Bertz CT molecular complexity index is 986. The van der Waals surface area contributed by atoms with Crippen LogP contribution < -0.4 is 5.32 Å². The van der Waals surface area contributed by atoms with Crippen LogP contribution in [0.4, 0.5) is 5.69 Å². The van der Waals surface area contributed by atoms with Crippen LogP contribution in [0.25, 0.3) is 0 Å². The summed E-state index contributed by atoms with van der Waals surface area (Å²) in [6.07, 6.45) is 0. The molecule has 4 nitrogen and oxygen atoms in total. The highest BCUT2D eigenvalue weighted by atomic mass is 16.1. The lowest BCUT2D eigenvalue weighted by Crippen LogP contribution is -2.45. The van der Waals surface area contributed by atoms with Crippen molar-refractivity contribution in [1.82, 2.24) is 9.80 Å². The van der Waals surface area contributed by atoms with Gasteiger partial charge in [0.05, 0.1) is 0 Å². The van der Waals surface area contributed by atoms with Gasteiger partial charge in [0.25, 0.3) is 5.91 Å². The molecule has 3 aromatic carbocycles. The second kappa shape index (κ2) is 9.90. The lowest BCUT2D eigenvalue weighted by atomic mass is 10.1. The predicted molar refractivity (Wildman–Crippen MR) is 127 cm³/mol. The van der Waals surface area contributed by atoms with Crippen molar-refractivity contribution in [2.45, 2.75) is 26.9 Å². The number of hydrogen-bond acceptors (Lipinski definition) is 3. The number of aryl methyl sites for hydroxylation is 2. The number of amides is 1. The fourth-order valence-electron chi connectivity index (χ4n) is 4.22. The number of benzene rings is 3. The van der Waals surface area contributed by atoms with E-state index in [1.807, 2.05) is 38.1 Å². The highest BCUT2D eigenvalue weighted by Crippen LogP contribution is 2.16. The zero-order valence-electron chi connectivity index (χ0n) is 18.5. The quantitative estimate of drug-likeness (QED) is 0.626. The maximum Gasteiger partial charge on any atom is 0.255 e. The summed E-state index contributed by atoms with van der Waals surface area (Å²) in [6, 6.07) is 24.8. The average molecular weight is 414 g/mol. The first-order chi connectivity index (χ1) is 15.0. The number of nitrogens with one attached hydrogen (secondary N) is 1. The summed E-state index contributed by atoms with van der Waals surface area (Å²) in [4.78, 5) is 17.6. The molecule has 1 heterocycles. The smallest absolute Gasteiger partial charge is 0.255 e. The molecule has 1 fully saturated rings. The van der Waals surface area contributed by atoms with Gasteiger partial charge >= 0.3 is 0 Å². The van der Waals surface area contributed by atoms with E-state index in [1.54, 1.807) is 0 Å². The van der Waals surface area contributed by atoms with Crippen LogP contribution in [0.2, 0.25) is 0 Å². The Hall–Kier alpha value is -2.95. The van der Waals surface area contributed by atoms with Gasteiger partial charge in [0.2, 0.25) is 0 Å². The van der Waals surface area contributed by atoms with Crippen molar-refractivity contribution in [3.63, 3.8) is 0 Å². The molecule has 0 radical (unpaired) electrons. The minimum Gasteiger partial charge on any atom is -0.322 e. The van der Waals surface area contributed by atoms with Gasteiger partial charge in [-0.05, 0) is 60.4 Å². The highest BCUT2D eigenvalue weighted by molar-refractivity contribution is 6.04. The SMILES string of the molecule is Cc1cc(C)cc(NC(=O)c2ccc(CN3CCN(Cc4ccccc4)CC3)cc2)c1. The Kier molecular flexibility index (Phi) is 6.80. The largest absolute Gasteiger partial charge is 0.322 e. The third-order valence-electron chi connectivity index (χ3n) is 5.82. The zero-order valence-corrected chi connectivity index (χ0v) is 18.5. The number of rotatable bonds is 6. The van der Waals surface area contributed by atoms with E-state index in [0.717, 1.165) is 56.1 Å². The minimum atomic E-state index is -0.0638. The summed E-state index contributed by atoms with van der Waals surface area (Å²) in [5.41, 5.74) is 6.46. The number of nitrogens with zero attached hydrogens (tertiary/aromatic N) is 2. The van der Waals surface area contributed by atoms with Crippen LogP contribution in [0.5, 0.6) is 0 Å². The monoisotopic (exact) mass is 413 g/mol. The predicted octanol–water partition coefficient (Wildman–Crippen LogP) is 4.87.